The Morgan fingerprint density at radius 1 is 0.897 bits per heavy atom. The molecule has 0 heterocycles. The third kappa shape index (κ3) is 7.53. The number of nitrogens with zero attached hydrogens (tertiary/aromatic N) is 2. The van der Waals surface area contributed by atoms with E-state index in [1.807, 2.05) is 26.0 Å². The highest BCUT2D eigenvalue weighted by molar-refractivity contribution is 7.92. The number of amides is 2. The van der Waals surface area contributed by atoms with Gasteiger partial charge in [-0.3, -0.25) is 13.9 Å². The second kappa shape index (κ2) is 13.3. The fraction of sp³-hybridized carbons (Fsp3) is 0.310. The van der Waals surface area contributed by atoms with E-state index in [4.69, 9.17) is 23.2 Å². The molecule has 39 heavy (non-hydrogen) atoms. The van der Waals surface area contributed by atoms with E-state index in [1.54, 1.807) is 62.4 Å². The molecule has 0 saturated carbocycles. The molecule has 0 aliphatic rings. The normalized spacial score (nSPS) is 12.2. The summed E-state index contributed by atoms with van der Waals surface area (Å²) in [6.07, 6.45) is 0. The van der Waals surface area contributed by atoms with Gasteiger partial charge < -0.3 is 10.2 Å². The number of hydrogen-bond donors (Lipinski definition) is 1. The Morgan fingerprint density at radius 3 is 2.10 bits per heavy atom. The number of halogens is 2. The Hall–Kier alpha value is -3.07. The second-order valence-corrected chi connectivity index (χ2v) is 12.1. The first-order valence-corrected chi connectivity index (χ1v) is 14.8. The molecule has 10 heteroatoms. The minimum atomic E-state index is -4.11. The monoisotopic (exact) mass is 589 g/mol. The summed E-state index contributed by atoms with van der Waals surface area (Å²) in [6.45, 7) is 7.37. The van der Waals surface area contributed by atoms with Gasteiger partial charge in [0.15, 0.2) is 0 Å². The fourth-order valence-corrected chi connectivity index (χ4v) is 5.77. The molecule has 3 aromatic rings. The first-order valence-electron chi connectivity index (χ1n) is 12.6. The van der Waals surface area contributed by atoms with Crippen molar-refractivity contribution in [2.24, 2.45) is 0 Å². The quantitative estimate of drug-likeness (QED) is 0.303. The molecule has 0 fully saturated rings. The maximum Gasteiger partial charge on any atom is 0.264 e. The van der Waals surface area contributed by atoms with Crippen LogP contribution in [-0.4, -0.2) is 44.3 Å². The van der Waals surface area contributed by atoms with E-state index in [0.29, 0.717) is 27.8 Å². The summed E-state index contributed by atoms with van der Waals surface area (Å²) in [5.74, 6) is -0.656. The molecule has 1 atom stereocenters. The highest BCUT2D eigenvalue weighted by Crippen LogP contribution is 2.27. The fourth-order valence-electron chi connectivity index (χ4n) is 4.01. The molecule has 3 aromatic carbocycles. The van der Waals surface area contributed by atoms with E-state index in [2.05, 4.69) is 5.32 Å². The van der Waals surface area contributed by atoms with E-state index in [-0.39, 0.29) is 23.3 Å². The summed E-state index contributed by atoms with van der Waals surface area (Å²) in [7, 11) is -4.11. The zero-order valence-corrected chi connectivity index (χ0v) is 24.7. The molecule has 3 rings (SSSR count). The highest BCUT2D eigenvalue weighted by Gasteiger charge is 2.32. The Balaban J connectivity index is 2.04. The van der Waals surface area contributed by atoms with Crippen LogP contribution >= 0.6 is 23.2 Å². The number of anilines is 1. The molecule has 0 saturated heterocycles. The molecule has 208 valence electrons. The third-order valence-corrected chi connectivity index (χ3v) is 8.84. The van der Waals surface area contributed by atoms with E-state index < -0.39 is 28.5 Å². The SMILES string of the molecule is CCNC(=O)[C@@H](C)N(Cc1ccc(Cl)c(Cl)c1)C(=O)CN(c1ccc(C(C)C)cc1)S(=O)(=O)c1ccccc1. The molecular weight excluding hydrogens is 557 g/mol. The van der Waals surface area contributed by atoms with E-state index in [0.717, 1.165) is 9.87 Å². The Labute approximate surface area is 240 Å². The Morgan fingerprint density at radius 2 is 1.54 bits per heavy atom. The van der Waals surface area contributed by atoms with Crippen LogP contribution in [0.25, 0.3) is 0 Å². The van der Waals surface area contributed by atoms with Crippen LogP contribution in [0.2, 0.25) is 10.0 Å². The number of carbonyl (C=O) groups excluding carboxylic acids is 2. The van der Waals surface area contributed by atoms with Crippen molar-refractivity contribution < 1.29 is 18.0 Å². The molecule has 0 aromatic heterocycles. The molecule has 0 aliphatic carbocycles. The summed E-state index contributed by atoms with van der Waals surface area (Å²) in [6, 6.07) is 19.1. The summed E-state index contributed by atoms with van der Waals surface area (Å²) >= 11 is 12.3. The standard InChI is InChI=1S/C29H33Cl2N3O4S/c1-5-32-29(36)21(4)33(18-22-11-16-26(30)27(31)17-22)28(35)19-34(24-14-12-23(13-15-24)20(2)3)39(37,38)25-9-7-6-8-10-25/h6-17,20-21H,5,18-19H2,1-4H3,(H,32,36)/t21-/m1/s1. The van der Waals surface area contributed by atoms with Crippen LogP contribution in [0.4, 0.5) is 5.69 Å². The lowest BCUT2D eigenvalue weighted by Crippen LogP contribution is -2.51. The summed E-state index contributed by atoms with van der Waals surface area (Å²) in [5, 5.41) is 3.40. The number of carbonyl (C=O) groups is 2. The summed E-state index contributed by atoms with van der Waals surface area (Å²) in [4.78, 5) is 28.1. The minimum Gasteiger partial charge on any atom is -0.355 e. The molecule has 0 spiro atoms. The van der Waals surface area contributed by atoms with Crippen molar-refractivity contribution in [3.63, 3.8) is 0 Å². The van der Waals surface area contributed by atoms with Crippen LogP contribution in [0.15, 0.2) is 77.7 Å². The van der Waals surface area contributed by atoms with Crippen LogP contribution in [-0.2, 0) is 26.2 Å². The molecule has 2 amide bonds. The lowest BCUT2D eigenvalue weighted by atomic mass is 10.0. The third-order valence-electron chi connectivity index (χ3n) is 6.31. The lowest BCUT2D eigenvalue weighted by molar-refractivity contribution is -0.139. The van der Waals surface area contributed by atoms with Gasteiger partial charge in [0.2, 0.25) is 11.8 Å². The van der Waals surface area contributed by atoms with Gasteiger partial charge in [-0.2, -0.15) is 0 Å². The largest absolute Gasteiger partial charge is 0.355 e. The van der Waals surface area contributed by atoms with E-state index >= 15 is 0 Å². The zero-order chi connectivity index (χ0) is 28.7. The molecular formula is C29H33Cl2N3O4S. The van der Waals surface area contributed by atoms with Crippen LogP contribution in [0.5, 0.6) is 0 Å². The Kier molecular flexibility index (Phi) is 10.4. The predicted molar refractivity (Wildman–Crippen MR) is 157 cm³/mol. The van der Waals surface area contributed by atoms with Crippen molar-refractivity contribution >= 4 is 50.7 Å². The summed E-state index contributed by atoms with van der Waals surface area (Å²) in [5.41, 5.74) is 2.03. The smallest absolute Gasteiger partial charge is 0.264 e. The van der Waals surface area contributed by atoms with E-state index in [1.165, 1.54) is 17.0 Å². The number of hydrogen-bond acceptors (Lipinski definition) is 4. The predicted octanol–water partition coefficient (Wildman–Crippen LogP) is 5.87. The number of nitrogens with one attached hydrogen (secondary N) is 1. The van der Waals surface area contributed by atoms with Crippen molar-refractivity contribution in [1.29, 1.82) is 0 Å². The van der Waals surface area contributed by atoms with Crippen molar-refractivity contribution in [3.8, 4) is 0 Å². The minimum absolute atomic E-state index is 0.0273. The number of likely N-dealkylation sites (N-methyl/N-ethyl adjacent to an activating group) is 1. The van der Waals surface area contributed by atoms with Gasteiger partial charge >= 0.3 is 0 Å². The number of sulfonamides is 1. The van der Waals surface area contributed by atoms with Gasteiger partial charge in [-0.15, -0.1) is 0 Å². The molecule has 0 unspecified atom stereocenters. The average Bonchev–Trinajstić information content (AvgIpc) is 2.92. The van der Waals surface area contributed by atoms with Gasteiger partial charge in [0, 0.05) is 13.1 Å². The van der Waals surface area contributed by atoms with Crippen molar-refractivity contribution in [2.45, 2.75) is 51.1 Å². The van der Waals surface area contributed by atoms with E-state index in [9.17, 15) is 18.0 Å². The van der Waals surface area contributed by atoms with Gasteiger partial charge in [-0.25, -0.2) is 8.42 Å². The van der Waals surface area contributed by atoms with Gasteiger partial charge in [-0.05, 0) is 67.3 Å². The molecule has 0 bridgehead atoms. The molecule has 0 radical (unpaired) electrons. The first-order chi connectivity index (χ1) is 18.4. The van der Waals surface area contributed by atoms with Crippen molar-refractivity contribution in [2.75, 3.05) is 17.4 Å². The zero-order valence-electron chi connectivity index (χ0n) is 22.4. The average molecular weight is 591 g/mol. The lowest BCUT2D eigenvalue weighted by Gasteiger charge is -2.32. The van der Waals surface area contributed by atoms with Gasteiger partial charge in [-0.1, -0.05) is 73.4 Å². The Bertz CT molecular complexity index is 1400. The van der Waals surface area contributed by atoms with Gasteiger partial charge in [0.25, 0.3) is 10.0 Å². The van der Waals surface area contributed by atoms with Crippen LogP contribution < -0.4 is 9.62 Å². The molecule has 1 N–H and O–H groups in total. The van der Waals surface area contributed by atoms with Gasteiger partial charge in [0.05, 0.1) is 20.6 Å². The van der Waals surface area contributed by atoms with Crippen LogP contribution in [0, 0.1) is 0 Å². The topological polar surface area (TPSA) is 86.8 Å². The summed E-state index contributed by atoms with van der Waals surface area (Å²) < 4.78 is 28.7. The number of rotatable bonds is 11. The maximum absolute atomic E-state index is 13.9. The van der Waals surface area contributed by atoms with Crippen LogP contribution in [0.1, 0.15) is 44.7 Å². The number of benzene rings is 3. The van der Waals surface area contributed by atoms with Crippen molar-refractivity contribution in [3.05, 3.63) is 94.0 Å². The highest BCUT2D eigenvalue weighted by atomic mass is 35.5. The maximum atomic E-state index is 13.9. The van der Waals surface area contributed by atoms with Gasteiger partial charge in [0.1, 0.15) is 12.6 Å². The second-order valence-electron chi connectivity index (χ2n) is 9.41. The van der Waals surface area contributed by atoms with Crippen LogP contribution in [0.3, 0.4) is 0 Å². The molecule has 7 nitrogen and oxygen atoms in total. The first kappa shape index (κ1) is 30.5. The van der Waals surface area contributed by atoms with Crippen molar-refractivity contribution in [1.82, 2.24) is 10.2 Å². The molecule has 0 aliphatic heterocycles.